The first kappa shape index (κ1) is 15.0. The molecule has 0 saturated carbocycles. The Kier molecular flexibility index (Phi) is 4.62. The highest BCUT2D eigenvalue weighted by atomic mass is 15.2. The smallest absolute Gasteiger partial charge is 0.0948 e. The molecule has 3 unspecified atom stereocenters. The highest BCUT2D eigenvalue weighted by Crippen LogP contribution is 2.33. The number of likely N-dealkylation sites (tertiary alicyclic amines) is 2. The predicted octanol–water partition coefficient (Wildman–Crippen LogP) is 1.32. The van der Waals surface area contributed by atoms with Crippen LogP contribution in [-0.2, 0) is 6.54 Å². The zero-order valence-electron chi connectivity index (χ0n) is 13.4. The quantitative estimate of drug-likeness (QED) is 0.909. The van der Waals surface area contributed by atoms with Gasteiger partial charge in [-0.3, -0.25) is 4.90 Å². The Morgan fingerprint density at radius 2 is 2.24 bits per heavy atom. The number of nitrogens with two attached hydrogens (primary N) is 1. The average Bonchev–Trinajstić information content (AvgIpc) is 2.96. The Morgan fingerprint density at radius 3 is 3.00 bits per heavy atom. The Hall–Kier alpha value is -0.910. The van der Waals surface area contributed by atoms with Crippen LogP contribution in [0.3, 0.4) is 0 Å². The first-order valence-electron chi connectivity index (χ1n) is 8.39. The van der Waals surface area contributed by atoms with Crippen LogP contribution in [0.5, 0.6) is 0 Å². The lowest BCUT2D eigenvalue weighted by Crippen LogP contribution is -2.54. The van der Waals surface area contributed by atoms with Gasteiger partial charge in [-0.15, -0.1) is 0 Å². The molecule has 2 saturated heterocycles. The van der Waals surface area contributed by atoms with E-state index < -0.39 is 0 Å². The number of aromatic nitrogens is 2. The van der Waals surface area contributed by atoms with Crippen LogP contribution in [0.2, 0.25) is 0 Å². The van der Waals surface area contributed by atoms with Gasteiger partial charge in [0.2, 0.25) is 0 Å². The molecule has 3 heterocycles. The lowest BCUT2D eigenvalue weighted by Gasteiger charge is -2.47. The van der Waals surface area contributed by atoms with E-state index in [1.54, 1.807) is 0 Å². The fourth-order valence-corrected chi connectivity index (χ4v) is 4.29. The topological polar surface area (TPSA) is 50.3 Å². The summed E-state index contributed by atoms with van der Waals surface area (Å²) in [7, 11) is 2.29. The molecule has 3 atom stereocenters. The Labute approximate surface area is 128 Å². The number of rotatable bonds is 4. The van der Waals surface area contributed by atoms with E-state index in [0.29, 0.717) is 12.6 Å². The van der Waals surface area contributed by atoms with Gasteiger partial charge in [-0.2, -0.15) is 0 Å². The number of piperidine rings is 2. The van der Waals surface area contributed by atoms with Crippen molar-refractivity contribution in [1.82, 2.24) is 19.4 Å². The van der Waals surface area contributed by atoms with E-state index >= 15 is 0 Å². The minimum absolute atomic E-state index is 0.320. The zero-order valence-corrected chi connectivity index (χ0v) is 13.4. The molecule has 0 amide bonds. The number of aryl methyl sites for hydroxylation is 1. The van der Waals surface area contributed by atoms with Crippen LogP contribution in [0.25, 0.3) is 0 Å². The van der Waals surface area contributed by atoms with E-state index in [2.05, 4.69) is 33.3 Å². The fraction of sp³-hybridized carbons (Fsp3) is 0.812. The van der Waals surface area contributed by atoms with Crippen LogP contribution >= 0.6 is 0 Å². The number of hydrogen-bond donors (Lipinski definition) is 1. The number of nitrogens with zero attached hydrogens (tertiary/aromatic N) is 4. The van der Waals surface area contributed by atoms with Crippen molar-refractivity contribution in [2.45, 2.75) is 44.8 Å². The molecule has 118 valence electrons. The van der Waals surface area contributed by atoms with E-state index in [9.17, 15) is 0 Å². The molecule has 0 spiro atoms. The Bertz CT molecular complexity index is 457. The Morgan fingerprint density at radius 1 is 1.38 bits per heavy atom. The highest BCUT2D eigenvalue weighted by molar-refractivity contribution is 5.08. The van der Waals surface area contributed by atoms with Gasteiger partial charge in [0, 0.05) is 38.4 Å². The minimum Gasteiger partial charge on any atom is -0.333 e. The summed E-state index contributed by atoms with van der Waals surface area (Å²) >= 11 is 0. The summed E-state index contributed by atoms with van der Waals surface area (Å²) < 4.78 is 2.23. The van der Waals surface area contributed by atoms with Gasteiger partial charge in [-0.1, -0.05) is 0 Å². The maximum Gasteiger partial charge on any atom is 0.0948 e. The van der Waals surface area contributed by atoms with Crippen molar-refractivity contribution in [2.24, 2.45) is 11.7 Å². The van der Waals surface area contributed by atoms with E-state index in [0.717, 1.165) is 25.0 Å². The van der Waals surface area contributed by atoms with Crippen molar-refractivity contribution in [3.8, 4) is 0 Å². The molecule has 2 N–H and O–H groups in total. The molecule has 3 rings (SSSR count). The van der Waals surface area contributed by atoms with Crippen molar-refractivity contribution in [3.63, 3.8) is 0 Å². The van der Waals surface area contributed by atoms with Gasteiger partial charge in [-0.25, -0.2) is 4.98 Å². The summed E-state index contributed by atoms with van der Waals surface area (Å²) in [6.07, 6.45) is 7.92. The predicted molar refractivity (Wildman–Crippen MR) is 85.0 cm³/mol. The monoisotopic (exact) mass is 291 g/mol. The SMILES string of the molecule is CCn1cncc1C(CN)N1CCC2C(CCCN2C)C1. The second-order valence-electron chi connectivity index (χ2n) is 6.59. The van der Waals surface area contributed by atoms with Gasteiger partial charge in [-0.05, 0) is 45.7 Å². The molecule has 0 bridgehead atoms. The Balaban J connectivity index is 1.74. The molecule has 0 aromatic carbocycles. The van der Waals surface area contributed by atoms with Crippen LogP contribution in [0.15, 0.2) is 12.5 Å². The lowest BCUT2D eigenvalue weighted by molar-refractivity contribution is 0.0197. The van der Waals surface area contributed by atoms with Gasteiger partial charge >= 0.3 is 0 Å². The standard InChI is InChI=1S/C16H29N5/c1-3-20-12-18-10-16(20)15(9-17)21-8-6-14-13(11-21)5-4-7-19(14)2/h10,12-15H,3-9,11,17H2,1-2H3. The van der Waals surface area contributed by atoms with Gasteiger partial charge < -0.3 is 15.2 Å². The van der Waals surface area contributed by atoms with Crippen molar-refractivity contribution in [3.05, 3.63) is 18.2 Å². The van der Waals surface area contributed by atoms with E-state index in [4.69, 9.17) is 5.73 Å². The summed E-state index contributed by atoms with van der Waals surface area (Å²) in [5.41, 5.74) is 7.40. The first-order valence-corrected chi connectivity index (χ1v) is 8.39. The van der Waals surface area contributed by atoms with E-state index in [1.807, 2.05) is 12.5 Å². The lowest BCUT2D eigenvalue weighted by atomic mass is 9.83. The number of fused-ring (bicyclic) bond motifs is 1. The summed E-state index contributed by atoms with van der Waals surface area (Å²) in [6.45, 7) is 7.42. The molecule has 5 heteroatoms. The molecule has 1 aromatic heterocycles. The van der Waals surface area contributed by atoms with Gasteiger partial charge in [0.15, 0.2) is 0 Å². The molecule has 2 aliphatic rings. The normalized spacial score (nSPS) is 29.3. The third-order valence-corrected chi connectivity index (χ3v) is 5.47. The van der Waals surface area contributed by atoms with Crippen LogP contribution in [0, 0.1) is 5.92 Å². The fourth-order valence-electron chi connectivity index (χ4n) is 4.29. The molecule has 1 aromatic rings. The summed E-state index contributed by atoms with van der Waals surface area (Å²) in [5, 5.41) is 0. The van der Waals surface area contributed by atoms with Crippen LogP contribution in [0.1, 0.15) is 37.9 Å². The maximum absolute atomic E-state index is 6.12. The van der Waals surface area contributed by atoms with E-state index in [1.165, 1.54) is 38.0 Å². The molecule has 2 fully saturated rings. The van der Waals surface area contributed by atoms with Gasteiger partial charge in [0.25, 0.3) is 0 Å². The first-order chi connectivity index (χ1) is 10.2. The van der Waals surface area contributed by atoms with Crippen LogP contribution in [-0.4, -0.2) is 58.6 Å². The summed E-state index contributed by atoms with van der Waals surface area (Å²) in [5.74, 6) is 0.810. The van der Waals surface area contributed by atoms with Crippen LogP contribution in [0.4, 0.5) is 0 Å². The second kappa shape index (κ2) is 6.46. The third-order valence-electron chi connectivity index (χ3n) is 5.47. The zero-order chi connectivity index (χ0) is 14.8. The highest BCUT2D eigenvalue weighted by Gasteiger charge is 2.36. The van der Waals surface area contributed by atoms with Crippen molar-refractivity contribution >= 4 is 0 Å². The number of imidazole rings is 1. The molecular weight excluding hydrogens is 262 g/mol. The van der Waals surface area contributed by atoms with Crippen LogP contribution < -0.4 is 5.73 Å². The maximum atomic E-state index is 6.12. The summed E-state index contributed by atoms with van der Waals surface area (Å²) in [6, 6.07) is 1.10. The minimum atomic E-state index is 0.320. The van der Waals surface area contributed by atoms with Crippen molar-refractivity contribution < 1.29 is 0 Å². The molecule has 5 nitrogen and oxygen atoms in total. The van der Waals surface area contributed by atoms with Gasteiger partial charge in [0.05, 0.1) is 18.1 Å². The largest absolute Gasteiger partial charge is 0.333 e. The average molecular weight is 291 g/mol. The van der Waals surface area contributed by atoms with Gasteiger partial charge in [0.1, 0.15) is 0 Å². The summed E-state index contributed by atoms with van der Waals surface area (Å²) in [4.78, 5) is 9.49. The number of hydrogen-bond acceptors (Lipinski definition) is 4. The van der Waals surface area contributed by atoms with Crippen molar-refractivity contribution in [2.75, 3.05) is 33.2 Å². The second-order valence-corrected chi connectivity index (χ2v) is 6.59. The molecule has 21 heavy (non-hydrogen) atoms. The molecule has 0 radical (unpaired) electrons. The van der Waals surface area contributed by atoms with Crippen molar-refractivity contribution in [1.29, 1.82) is 0 Å². The molecule has 0 aliphatic carbocycles. The molecule has 2 aliphatic heterocycles. The third kappa shape index (κ3) is 2.87. The van der Waals surface area contributed by atoms with E-state index in [-0.39, 0.29) is 0 Å². The molecular formula is C16H29N5.